The SMILES string of the molecule is COc1ccc(C)cc1NC(=O)[C@@H]1CCCN1C(=O)[C@@H]1C[C@H]1C(=O)O. The van der Waals surface area contributed by atoms with Crippen LogP contribution < -0.4 is 10.1 Å². The van der Waals surface area contributed by atoms with Gasteiger partial charge < -0.3 is 20.1 Å². The number of ether oxygens (including phenoxy) is 1. The average Bonchev–Trinajstić information content (AvgIpc) is 3.23. The number of carboxylic acids is 1. The van der Waals surface area contributed by atoms with Crippen LogP contribution in [-0.2, 0) is 14.4 Å². The van der Waals surface area contributed by atoms with Crippen molar-refractivity contribution >= 4 is 23.5 Å². The Kier molecular flexibility index (Phi) is 4.65. The van der Waals surface area contributed by atoms with Gasteiger partial charge in [0.05, 0.1) is 24.6 Å². The summed E-state index contributed by atoms with van der Waals surface area (Å²) in [6.45, 7) is 2.41. The standard InChI is InChI=1S/C18H22N2O5/c1-10-5-6-15(25-2)13(8-10)19-16(21)14-4-3-7-20(14)17(22)11-9-12(11)18(23)24/h5-6,8,11-12,14H,3-4,7,9H2,1-2H3,(H,19,21)(H,23,24)/t11-,12-,14+/m1/s1. The van der Waals surface area contributed by atoms with E-state index in [-0.39, 0.29) is 11.8 Å². The molecule has 7 heteroatoms. The summed E-state index contributed by atoms with van der Waals surface area (Å²) < 4.78 is 5.27. The zero-order chi connectivity index (χ0) is 18.1. The molecule has 2 amide bonds. The first-order valence-electron chi connectivity index (χ1n) is 8.41. The smallest absolute Gasteiger partial charge is 0.307 e. The zero-order valence-corrected chi connectivity index (χ0v) is 14.3. The van der Waals surface area contributed by atoms with Crippen molar-refractivity contribution in [2.24, 2.45) is 11.8 Å². The van der Waals surface area contributed by atoms with Gasteiger partial charge in [0.1, 0.15) is 11.8 Å². The molecular formula is C18H22N2O5. The van der Waals surface area contributed by atoms with Crippen LogP contribution in [0.15, 0.2) is 18.2 Å². The number of likely N-dealkylation sites (tertiary alicyclic amines) is 1. The second-order valence-corrected chi connectivity index (χ2v) is 6.67. The Morgan fingerprint density at radius 2 is 2.04 bits per heavy atom. The van der Waals surface area contributed by atoms with Gasteiger partial charge in [0.15, 0.2) is 0 Å². The molecule has 3 atom stereocenters. The predicted molar refractivity (Wildman–Crippen MR) is 90.3 cm³/mol. The van der Waals surface area contributed by atoms with Gasteiger partial charge in [0.25, 0.3) is 0 Å². The number of rotatable bonds is 5. The van der Waals surface area contributed by atoms with Gasteiger partial charge in [-0.3, -0.25) is 14.4 Å². The fourth-order valence-corrected chi connectivity index (χ4v) is 3.39. The van der Waals surface area contributed by atoms with Gasteiger partial charge in [-0.1, -0.05) is 6.07 Å². The Labute approximate surface area is 146 Å². The summed E-state index contributed by atoms with van der Waals surface area (Å²) in [6, 6.07) is 4.93. The molecule has 1 aliphatic carbocycles. The van der Waals surface area contributed by atoms with E-state index in [0.717, 1.165) is 12.0 Å². The summed E-state index contributed by atoms with van der Waals surface area (Å²) in [7, 11) is 1.53. The molecule has 2 fully saturated rings. The molecule has 1 saturated heterocycles. The first-order valence-corrected chi connectivity index (χ1v) is 8.41. The molecule has 0 radical (unpaired) electrons. The van der Waals surface area contributed by atoms with Crippen molar-refractivity contribution in [1.29, 1.82) is 0 Å². The summed E-state index contributed by atoms with van der Waals surface area (Å²) in [5.74, 6) is -1.96. The van der Waals surface area contributed by atoms with Crippen molar-refractivity contribution in [2.75, 3.05) is 19.0 Å². The number of aliphatic carboxylic acids is 1. The van der Waals surface area contributed by atoms with Crippen LogP contribution >= 0.6 is 0 Å². The maximum absolute atomic E-state index is 12.7. The zero-order valence-electron chi connectivity index (χ0n) is 14.3. The lowest BCUT2D eigenvalue weighted by molar-refractivity contribution is -0.143. The van der Waals surface area contributed by atoms with E-state index in [4.69, 9.17) is 9.84 Å². The number of anilines is 1. The topological polar surface area (TPSA) is 95.9 Å². The van der Waals surface area contributed by atoms with E-state index in [1.807, 2.05) is 19.1 Å². The van der Waals surface area contributed by atoms with Gasteiger partial charge in [0, 0.05) is 6.54 Å². The predicted octanol–water partition coefficient (Wildman–Crippen LogP) is 1.65. The lowest BCUT2D eigenvalue weighted by atomic mass is 10.1. The molecule has 1 aliphatic heterocycles. The minimum atomic E-state index is -0.942. The highest BCUT2D eigenvalue weighted by Crippen LogP contribution is 2.41. The maximum atomic E-state index is 12.7. The van der Waals surface area contributed by atoms with Gasteiger partial charge in [0.2, 0.25) is 11.8 Å². The van der Waals surface area contributed by atoms with Crippen molar-refractivity contribution in [1.82, 2.24) is 4.90 Å². The van der Waals surface area contributed by atoms with Crippen LogP contribution in [0.3, 0.4) is 0 Å². The number of benzene rings is 1. The number of carbonyl (C=O) groups is 3. The van der Waals surface area contributed by atoms with Crippen molar-refractivity contribution in [3.8, 4) is 5.75 Å². The van der Waals surface area contributed by atoms with Crippen LogP contribution in [0.4, 0.5) is 5.69 Å². The number of methoxy groups -OCH3 is 1. The second-order valence-electron chi connectivity index (χ2n) is 6.67. The normalized spacial score (nSPS) is 24.7. The number of hydrogen-bond donors (Lipinski definition) is 2. The van der Waals surface area contributed by atoms with Crippen molar-refractivity contribution in [3.63, 3.8) is 0 Å². The summed E-state index contributed by atoms with van der Waals surface area (Å²) >= 11 is 0. The Balaban J connectivity index is 1.70. The molecule has 1 heterocycles. The molecule has 1 saturated carbocycles. The number of nitrogens with zero attached hydrogens (tertiary/aromatic N) is 1. The number of nitrogens with one attached hydrogen (secondary N) is 1. The van der Waals surface area contributed by atoms with E-state index in [9.17, 15) is 14.4 Å². The van der Waals surface area contributed by atoms with E-state index in [2.05, 4.69) is 5.32 Å². The van der Waals surface area contributed by atoms with Crippen LogP contribution in [0, 0.1) is 18.8 Å². The van der Waals surface area contributed by atoms with Crippen LogP contribution in [0.2, 0.25) is 0 Å². The third kappa shape index (κ3) is 3.45. The molecule has 1 aromatic carbocycles. The van der Waals surface area contributed by atoms with Crippen LogP contribution in [-0.4, -0.2) is 47.5 Å². The largest absolute Gasteiger partial charge is 0.495 e. The van der Waals surface area contributed by atoms with Gasteiger partial charge in [-0.05, 0) is 43.9 Å². The lowest BCUT2D eigenvalue weighted by Crippen LogP contribution is -2.44. The third-order valence-electron chi connectivity index (χ3n) is 4.88. The fraction of sp³-hybridized carbons (Fsp3) is 0.500. The molecule has 0 aromatic heterocycles. The Morgan fingerprint density at radius 1 is 1.28 bits per heavy atom. The fourth-order valence-electron chi connectivity index (χ4n) is 3.39. The molecule has 7 nitrogen and oxygen atoms in total. The van der Waals surface area contributed by atoms with Gasteiger partial charge >= 0.3 is 5.97 Å². The average molecular weight is 346 g/mol. The Morgan fingerprint density at radius 3 is 2.68 bits per heavy atom. The highest BCUT2D eigenvalue weighted by Gasteiger charge is 2.51. The highest BCUT2D eigenvalue weighted by molar-refractivity contribution is 6.00. The highest BCUT2D eigenvalue weighted by atomic mass is 16.5. The summed E-state index contributed by atoms with van der Waals surface area (Å²) in [5.41, 5.74) is 1.55. The van der Waals surface area contributed by atoms with Gasteiger partial charge in [-0.2, -0.15) is 0 Å². The molecule has 0 spiro atoms. The van der Waals surface area contributed by atoms with E-state index >= 15 is 0 Å². The summed E-state index contributed by atoms with van der Waals surface area (Å²) in [6.07, 6.45) is 1.68. The minimum absolute atomic E-state index is 0.221. The Bertz CT molecular complexity index is 717. The number of amides is 2. The maximum Gasteiger partial charge on any atom is 0.307 e. The molecule has 2 aliphatic rings. The molecule has 3 rings (SSSR count). The molecule has 0 unspecified atom stereocenters. The van der Waals surface area contributed by atoms with Crippen LogP contribution in [0.5, 0.6) is 5.75 Å². The second kappa shape index (κ2) is 6.74. The van der Waals surface area contributed by atoms with E-state index in [0.29, 0.717) is 30.8 Å². The first kappa shape index (κ1) is 17.3. The quantitative estimate of drug-likeness (QED) is 0.845. The van der Waals surface area contributed by atoms with E-state index in [1.54, 1.807) is 6.07 Å². The van der Waals surface area contributed by atoms with E-state index in [1.165, 1.54) is 12.0 Å². The molecule has 0 bridgehead atoms. The monoisotopic (exact) mass is 346 g/mol. The van der Waals surface area contributed by atoms with Crippen LogP contribution in [0.1, 0.15) is 24.8 Å². The van der Waals surface area contributed by atoms with Crippen molar-refractivity contribution in [3.05, 3.63) is 23.8 Å². The van der Waals surface area contributed by atoms with Gasteiger partial charge in [-0.15, -0.1) is 0 Å². The molecule has 25 heavy (non-hydrogen) atoms. The summed E-state index contributed by atoms with van der Waals surface area (Å²) in [5, 5.41) is 11.9. The number of carboxylic acid groups (broad SMARTS) is 1. The number of carbonyl (C=O) groups excluding carboxylic acids is 2. The van der Waals surface area contributed by atoms with Crippen molar-refractivity contribution in [2.45, 2.75) is 32.2 Å². The number of hydrogen-bond acceptors (Lipinski definition) is 4. The minimum Gasteiger partial charge on any atom is -0.495 e. The summed E-state index contributed by atoms with van der Waals surface area (Å²) in [4.78, 5) is 37.7. The molecule has 134 valence electrons. The van der Waals surface area contributed by atoms with Gasteiger partial charge in [-0.25, -0.2) is 0 Å². The Hall–Kier alpha value is -2.57. The lowest BCUT2D eigenvalue weighted by Gasteiger charge is -2.24. The van der Waals surface area contributed by atoms with Crippen LogP contribution in [0.25, 0.3) is 0 Å². The molecular weight excluding hydrogens is 324 g/mol. The third-order valence-corrected chi connectivity index (χ3v) is 4.88. The first-order chi connectivity index (χ1) is 11.9. The molecule has 2 N–H and O–H groups in total. The number of aryl methyl sites for hydroxylation is 1. The van der Waals surface area contributed by atoms with Crippen molar-refractivity contribution < 1.29 is 24.2 Å². The molecule has 1 aromatic rings. The van der Waals surface area contributed by atoms with E-state index < -0.39 is 23.8 Å².